The largest absolute Gasteiger partial charge is 0.348 e. The van der Waals surface area contributed by atoms with E-state index in [4.69, 9.17) is 0 Å². The number of benzene rings is 2. The Balaban J connectivity index is 1.52. The smallest absolute Gasteiger partial charge is 0.253 e. The van der Waals surface area contributed by atoms with Crippen LogP contribution >= 0.6 is 0 Å². The van der Waals surface area contributed by atoms with Gasteiger partial charge < -0.3 is 10.2 Å². The minimum absolute atomic E-state index is 0.106. The fourth-order valence-electron chi connectivity index (χ4n) is 3.63. The predicted octanol–water partition coefficient (Wildman–Crippen LogP) is 4.40. The van der Waals surface area contributed by atoms with Gasteiger partial charge in [0.2, 0.25) is 0 Å². The topological polar surface area (TPSA) is 45.2 Å². The highest BCUT2D eigenvalue weighted by molar-refractivity contribution is 5.95. The number of amides is 1. The van der Waals surface area contributed by atoms with E-state index in [-0.39, 0.29) is 5.91 Å². The lowest BCUT2D eigenvalue weighted by Crippen LogP contribution is -2.26. The lowest BCUT2D eigenvalue weighted by molar-refractivity contribution is 0.0950. The van der Waals surface area contributed by atoms with Gasteiger partial charge in [0.05, 0.1) is 17.4 Å². The first kappa shape index (κ1) is 17.3. The Morgan fingerprint density at radius 1 is 1.15 bits per heavy atom. The molecule has 0 spiro atoms. The summed E-state index contributed by atoms with van der Waals surface area (Å²) in [5.74, 6) is -0.106. The number of anilines is 2. The Morgan fingerprint density at radius 2 is 1.93 bits per heavy atom. The standard InChI is InChI=1S/C23H23N3O/c1-16-7-9-18(10-8-16)13-25-23(27)20-12-21(15-24-14-20)26-17(2)11-19-5-3-4-6-22(19)26/h3-10,12,14-15,17H,11,13H2,1-2H3,(H,25,27). The molecule has 1 aliphatic rings. The fraction of sp³-hybridized carbons (Fsp3) is 0.217. The van der Waals surface area contributed by atoms with E-state index in [1.165, 1.54) is 16.8 Å². The van der Waals surface area contributed by atoms with Crippen LogP contribution in [0.5, 0.6) is 0 Å². The highest BCUT2D eigenvalue weighted by Gasteiger charge is 2.27. The number of para-hydroxylation sites is 1. The van der Waals surface area contributed by atoms with Crippen molar-refractivity contribution in [3.63, 3.8) is 0 Å². The van der Waals surface area contributed by atoms with Gasteiger partial charge >= 0.3 is 0 Å². The number of carbonyl (C=O) groups is 1. The maximum Gasteiger partial charge on any atom is 0.253 e. The second kappa shape index (κ2) is 7.23. The van der Waals surface area contributed by atoms with Gasteiger partial charge in [-0.25, -0.2) is 0 Å². The van der Waals surface area contributed by atoms with Crippen molar-refractivity contribution in [2.45, 2.75) is 32.9 Å². The molecule has 1 amide bonds. The quantitative estimate of drug-likeness (QED) is 0.753. The van der Waals surface area contributed by atoms with Crippen LogP contribution in [0.4, 0.5) is 11.4 Å². The van der Waals surface area contributed by atoms with Crippen molar-refractivity contribution in [2.24, 2.45) is 0 Å². The van der Waals surface area contributed by atoms with E-state index in [1.54, 1.807) is 6.20 Å². The first-order chi connectivity index (χ1) is 13.1. The van der Waals surface area contributed by atoms with Gasteiger partial charge in [-0.05, 0) is 43.5 Å². The van der Waals surface area contributed by atoms with Gasteiger partial charge in [0.1, 0.15) is 0 Å². The highest BCUT2D eigenvalue weighted by atomic mass is 16.1. The molecular weight excluding hydrogens is 334 g/mol. The van der Waals surface area contributed by atoms with Crippen LogP contribution in [0.25, 0.3) is 0 Å². The Kier molecular flexibility index (Phi) is 4.63. The molecular formula is C23H23N3O. The molecule has 4 rings (SSSR count). The summed E-state index contributed by atoms with van der Waals surface area (Å²) in [5, 5.41) is 2.99. The van der Waals surface area contributed by atoms with E-state index in [0.29, 0.717) is 18.2 Å². The predicted molar refractivity (Wildman–Crippen MR) is 108 cm³/mol. The van der Waals surface area contributed by atoms with Crippen LogP contribution in [0.1, 0.15) is 34.0 Å². The van der Waals surface area contributed by atoms with Crippen molar-refractivity contribution in [3.8, 4) is 0 Å². The van der Waals surface area contributed by atoms with Crippen molar-refractivity contribution in [1.82, 2.24) is 10.3 Å². The molecule has 27 heavy (non-hydrogen) atoms. The van der Waals surface area contributed by atoms with Gasteiger partial charge in [0.15, 0.2) is 0 Å². The van der Waals surface area contributed by atoms with Gasteiger partial charge in [-0.2, -0.15) is 0 Å². The molecule has 1 N–H and O–H groups in total. The Morgan fingerprint density at radius 3 is 2.74 bits per heavy atom. The van der Waals surface area contributed by atoms with Crippen LogP contribution < -0.4 is 10.2 Å². The molecule has 1 aromatic heterocycles. The number of hydrogen-bond donors (Lipinski definition) is 1. The second-order valence-corrected chi connectivity index (χ2v) is 7.15. The van der Waals surface area contributed by atoms with Crippen molar-refractivity contribution in [1.29, 1.82) is 0 Å². The van der Waals surface area contributed by atoms with Crippen LogP contribution in [-0.4, -0.2) is 16.9 Å². The first-order valence-electron chi connectivity index (χ1n) is 9.28. The first-order valence-corrected chi connectivity index (χ1v) is 9.28. The number of fused-ring (bicyclic) bond motifs is 1. The molecule has 1 aliphatic heterocycles. The molecule has 0 radical (unpaired) electrons. The average molecular weight is 357 g/mol. The Bertz CT molecular complexity index is 965. The SMILES string of the molecule is Cc1ccc(CNC(=O)c2cncc(N3c4ccccc4CC3C)c2)cc1. The zero-order valence-corrected chi connectivity index (χ0v) is 15.6. The zero-order valence-electron chi connectivity index (χ0n) is 15.6. The number of hydrogen-bond acceptors (Lipinski definition) is 3. The molecule has 4 nitrogen and oxygen atoms in total. The second-order valence-electron chi connectivity index (χ2n) is 7.15. The molecule has 0 saturated carbocycles. The maximum atomic E-state index is 12.6. The summed E-state index contributed by atoms with van der Waals surface area (Å²) in [5.41, 5.74) is 6.36. The van der Waals surface area contributed by atoms with Gasteiger partial charge in [-0.1, -0.05) is 48.0 Å². The lowest BCUT2D eigenvalue weighted by Gasteiger charge is -2.25. The average Bonchev–Trinajstić information content (AvgIpc) is 3.03. The van der Waals surface area contributed by atoms with E-state index in [2.05, 4.69) is 65.4 Å². The Hall–Kier alpha value is -3.14. The number of nitrogens with zero attached hydrogens (tertiary/aromatic N) is 2. The minimum atomic E-state index is -0.106. The van der Waals surface area contributed by atoms with Crippen LogP contribution in [0.15, 0.2) is 67.0 Å². The van der Waals surface area contributed by atoms with Gasteiger partial charge in [-0.3, -0.25) is 9.78 Å². The van der Waals surface area contributed by atoms with Gasteiger partial charge in [-0.15, -0.1) is 0 Å². The normalized spacial score (nSPS) is 15.5. The monoisotopic (exact) mass is 357 g/mol. The summed E-state index contributed by atoms with van der Waals surface area (Å²) < 4.78 is 0. The van der Waals surface area contributed by atoms with Crippen molar-refractivity contribution < 1.29 is 4.79 Å². The third-order valence-electron chi connectivity index (χ3n) is 5.05. The van der Waals surface area contributed by atoms with Crippen LogP contribution in [0.3, 0.4) is 0 Å². The molecule has 0 aliphatic carbocycles. The highest BCUT2D eigenvalue weighted by Crippen LogP contribution is 2.37. The molecule has 1 atom stereocenters. The summed E-state index contributed by atoms with van der Waals surface area (Å²) in [6.45, 7) is 4.76. The minimum Gasteiger partial charge on any atom is -0.348 e. The van der Waals surface area contributed by atoms with E-state index in [9.17, 15) is 4.79 Å². The summed E-state index contributed by atoms with van der Waals surface area (Å²) in [6, 6.07) is 18.9. The van der Waals surface area contributed by atoms with Crippen LogP contribution in [0, 0.1) is 6.92 Å². The third kappa shape index (κ3) is 3.56. The summed E-state index contributed by atoms with van der Waals surface area (Å²) in [7, 11) is 0. The molecule has 0 bridgehead atoms. The summed E-state index contributed by atoms with van der Waals surface area (Å²) >= 11 is 0. The maximum absolute atomic E-state index is 12.6. The zero-order chi connectivity index (χ0) is 18.8. The molecule has 0 saturated heterocycles. The van der Waals surface area contributed by atoms with Gasteiger partial charge in [0, 0.05) is 24.5 Å². The van der Waals surface area contributed by atoms with Crippen molar-refractivity contribution >= 4 is 17.3 Å². The number of pyridine rings is 1. The van der Waals surface area contributed by atoms with Gasteiger partial charge in [0.25, 0.3) is 5.91 Å². The van der Waals surface area contributed by atoms with Crippen LogP contribution in [0.2, 0.25) is 0 Å². The lowest BCUT2D eigenvalue weighted by atomic mass is 10.1. The number of nitrogens with one attached hydrogen (secondary N) is 1. The third-order valence-corrected chi connectivity index (χ3v) is 5.05. The van der Waals surface area contributed by atoms with E-state index in [0.717, 1.165) is 17.7 Å². The van der Waals surface area contributed by atoms with Crippen LogP contribution in [-0.2, 0) is 13.0 Å². The van der Waals surface area contributed by atoms with E-state index < -0.39 is 0 Å². The molecule has 4 heteroatoms. The summed E-state index contributed by atoms with van der Waals surface area (Å²) in [6.07, 6.45) is 4.45. The van der Waals surface area contributed by atoms with Crippen molar-refractivity contribution in [3.05, 3.63) is 89.2 Å². The molecule has 2 heterocycles. The van der Waals surface area contributed by atoms with E-state index in [1.807, 2.05) is 24.4 Å². The molecule has 2 aromatic carbocycles. The number of aryl methyl sites for hydroxylation is 1. The Labute approximate surface area is 159 Å². The summed E-state index contributed by atoms with van der Waals surface area (Å²) in [4.78, 5) is 19.2. The number of rotatable bonds is 4. The number of carbonyl (C=O) groups excluding carboxylic acids is 1. The molecule has 1 unspecified atom stereocenters. The molecule has 0 fully saturated rings. The van der Waals surface area contributed by atoms with E-state index >= 15 is 0 Å². The molecule has 136 valence electrons. The van der Waals surface area contributed by atoms with Crippen molar-refractivity contribution in [2.75, 3.05) is 4.90 Å². The molecule has 3 aromatic rings. The number of aromatic nitrogens is 1. The fourth-order valence-corrected chi connectivity index (χ4v) is 3.63.